The van der Waals surface area contributed by atoms with Gasteiger partial charge in [0.25, 0.3) is 0 Å². The molecule has 0 aliphatic heterocycles. The quantitative estimate of drug-likeness (QED) is 0.910. The van der Waals surface area contributed by atoms with E-state index in [0.717, 1.165) is 12.8 Å². The summed E-state index contributed by atoms with van der Waals surface area (Å²) in [6.07, 6.45) is 8.32. The van der Waals surface area contributed by atoms with Crippen LogP contribution in [0.25, 0.3) is 0 Å². The zero-order chi connectivity index (χ0) is 13.0. The van der Waals surface area contributed by atoms with Gasteiger partial charge in [-0.25, -0.2) is 4.98 Å². The van der Waals surface area contributed by atoms with Crippen LogP contribution in [-0.4, -0.2) is 18.0 Å². The smallest absolute Gasteiger partial charge is 0.226 e. The Labute approximate surface area is 112 Å². The number of ether oxygens (including phenoxy) is 1. The van der Waals surface area contributed by atoms with Crippen molar-refractivity contribution in [2.45, 2.75) is 45.4 Å². The Morgan fingerprint density at radius 3 is 2.83 bits per heavy atom. The highest BCUT2D eigenvalue weighted by molar-refractivity contribution is 7.17. The van der Waals surface area contributed by atoms with E-state index < -0.39 is 0 Å². The lowest BCUT2D eigenvalue weighted by molar-refractivity contribution is -0.118. The van der Waals surface area contributed by atoms with E-state index in [1.54, 1.807) is 13.3 Å². The molecular weight excluding hydrogens is 248 g/mol. The summed E-state index contributed by atoms with van der Waals surface area (Å²) in [7, 11) is 1.60. The number of thiazole rings is 1. The SMILES string of the molecule is COc1cnc(NC(=O)CC2(C)CCCCC2)s1. The number of carbonyl (C=O) groups excluding carboxylic acids is 1. The van der Waals surface area contributed by atoms with Gasteiger partial charge in [0.15, 0.2) is 10.2 Å². The molecule has 1 amide bonds. The normalized spacial score (nSPS) is 18.3. The number of carbonyl (C=O) groups is 1. The summed E-state index contributed by atoms with van der Waals surface area (Å²) < 4.78 is 5.05. The van der Waals surface area contributed by atoms with Crippen LogP contribution in [0.5, 0.6) is 5.06 Å². The van der Waals surface area contributed by atoms with E-state index in [-0.39, 0.29) is 11.3 Å². The lowest BCUT2D eigenvalue weighted by Gasteiger charge is -2.32. The van der Waals surface area contributed by atoms with Crippen LogP contribution in [0.15, 0.2) is 6.20 Å². The van der Waals surface area contributed by atoms with Crippen molar-refractivity contribution in [2.75, 3.05) is 12.4 Å². The number of nitrogens with one attached hydrogen (secondary N) is 1. The first kappa shape index (κ1) is 13.3. The molecule has 1 heterocycles. The Morgan fingerprint density at radius 1 is 1.50 bits per heavy atom. The van der Waals surface area contributed by atoms with E-state index in [9.17, 15) is 4.79 Å². The molecule has 5 heteroatoms. The monoisotopic (exact) mass is 268 g/mol. The van der Waals surface area contributed by atoms with E-state index in [1.165, 1.54) is 30.6 Å². The molecular formula is C13H20N2O2S. The molecule has 1 aliphatic rings. The predicted molar refractivity (Wildman–Crippen MR) is 73.1 cm³/mol. The first-order valence-electron chi connectivity index (χ1n) is 6.41. The van der Waals surface area contributed by atoms with Crippen molar-refractivity contribution in [1.82, 2.24) is 4.98 Å². The minimum Gasteiger partial charge on any atom is -0.486 e. The van der Waals surface area contributed by atoms with Crippen molar-refractivity contribution in [1.29, 1.82) is 0 Å². The molecule has 2 rings (SSSR count). The summed E-state index contributed by atoms with van der Waals surface area (Å²) in [5, 5.41) is 4.20. The summed E-state index contributed by atoms with van der Waals surface area (Å²) in [4.78, 5) is 16.1. The van der Waals surface area contributed by atoms with Crippen LogP contribution in [-0.2, 0) is 4.79 Å². The standard InChI is InChI=1S/C13H20N2O2S/c1-13(6-4-3-5-7-13)8-10(16)15-12-14-9-11(17-2)18-12/h9H,3-8H2,1-2H3,(H,14,15,16). The maximum absolute atomic E-state index is 12.0. The molecule has 0 radical (unpaired) electrons. The van der Waals surface area contributed by atoms with Crippen LogP contribution in [0.2, 0.25) is 0 Å². The molecule has 0 unspecified atom stereocenters. The van der Waals surface area contributed by atoms with Gasteiger partial charge in [0.1, 0.15) is 0 Å². The lowest BCUT2D eigenvalue weighted by Crippen LogP contribution is -2.27. The van der Waals surface area contributed by atoms with E-state index >= 15 is 0 Å². The molecule has 0 aromatic carbocycles. The molecule has 100 valence electrons. The van der Waals surface area contributed by atoms with Gasteiger partial charge in [0.2, 0.25) is 5.91 Å². The summed E-state index contributed by atoms with van der Waals surface area (Å²) in [5.41, 5.74) is 0.170. The Hall–Kier alpha value is -1.10. The average Bonchev–Trinajstić information content (AvgIpc) is 2.76. The topological polar surface area (TPSA) is 51.2 Å². The molecule has 18 heavy (non-hydrogen) atoms. The molecule has 1 aromatic heterocycles. The highest BCUT2D eigenvalue weighted by atomic mass is 32.1. The number of anilines is 1. The fourth-order valence-electron chi connectivity index (χ4n) is 2.54. The maximum atomic E-state index is 12.0. The molecule has 4 nitrogen and oxygen atoms in total. The average molecular weight is 268 g/mol. The summed E-state index contributed by atoms with van der Waals surface area (Å²) in [5.74, 6) is 0.0661. The van der Waals surface area contributed by atoms with Gasteiger partial charge in [-0.2, -0.15) is 0 Å². The number of methoxy groups -OCH3 is 1. The lowest BCUT2D eigenvalue weighted by atomic mass is 9.73. The Morgan fingerprint density at radius 2 is 2.22 bits per heavy atom. The summed E-state index contributed by atoms with van der Waals surface area (Å²) >= 11 is 1.36. The van der Waals surface area contributed by atoms with E-state index in [1.807, 2.05) is 0 Å². The van der Waals surface area contributed by atoms with Gasteiger partial charge >= 0.3 is 0 Å². The molecule has 1 saturated carbocycles. The molecule has 1 fully saturated rings. The minimum atomic E-state index is 0.0661. The van der Waals surface area contributed by atoms with Gasteiger partial charge in [0, 0.05) is 6.42 Å². The second-order valence-corrected chi connectivity index (χ2v) is 6.28. The Bertz CT molecular complexity index is 411. The van der Waals surface area contributed by atoms with Gasteiger partial charge in [0.05, 0.1) is 13.3 Å². The van der Waals surface area contributed by atoms with Gasteiger partial charge in [-0.15, -0.1) is 0 Å². The fraction of sp³-hybridized carbons (Fsp3) is 0.692. The van der Waals surface area contributed by atoms with Crippen molar-refractivity contribution >= 4 is 22.4 Å². The van der Waals surface area contributed by atoms with Crippen LogP contribution >= 0.6 is 11.3 Å². The van der Waals surface area contributed by atoms with Crippen LogP contribution in [0.1, 0.15) is 45.4 Å². The third-order valence-electron chi connectivity index (χ3n) is 3.58. The molecule has 0 bridgehead atoms. The van der Waals surface area contributed by atoms with Gasteiger partial charge in [-0.3, -0.25) is 4.79 Å². The third kappa shape index (κ3) is 3.45. The second-order valence-electron chi connectivity index (χ2n) is 5.28. The molecule has 0 saturated heterocycles. The predicted octanol–water partition coefficient (Wildman–Crippen LogP) is 3.45. The van der Waals surface area contributed by atoms with Gasteiger partial charge in [-0.05, 0) is 18.3 Å². The zero-order valence-corrected chi connectivity index (χ0v) is 11.8. The minimum absolute atomic E-state index is 0.0661. The number of rotatable bonds is 4. The van der Waals surface area contributed by atoms with Crippen molar-refractivity contribution < 1.29 is 9.53 Å². The number of hydrogen-bond donors (Lipinski definition) is 1. The molecule has 0 spiro atoms. The van der Waals surface area contributed by atoms with E-state index in [4.69, 9.17) is 4.74 Å². The van der Waals surface area contributed by atoms with Crippen molar-refractivity contribution in [3.63, 3.8) is 0 Å². The highest BCUT2D eigenvalue weighted by Crippen LogP contribution is 2.39. The number of amides is 1. The van der Waals surface area contributed by atoms with Gasteiger partial charge in [-0.1, -0.05) is 37.5 Å². The van der Waals surface area contributed by atoms with E-state index in [2.05, 4.69) is 17.2 Å². The molecule has 0 atom stereocenters. The van der Waals surface area contributed by atoms with E-state index in [0.29, 0.717) is 16.6 Å². The van der Waals surface area contributed by atoms with Crippen molar-refractivity contribution in [3.05, 3.63) is 6.20 Å². The number of hydrogen-bond acceptors (Lipinski definition) is 4. The Balaban J connectivity index is 1.87. The van der Waals surface area contributed by atoms with Crippen molar-refractivity contribution in [2.24, 2.45) is 5.41 Å². The van der Waals surface area contributed by atoms with Crippen molar-refractivity contribution in [3.8, 4) is 5.06 Å². The fourth-order valence-corrected chi connectivity index (χ4v) is 3.19. The number of nitrogens with zero attached hydrogens (tertiary/aromatic N) is 1. The Kier molecular flexibility index (Phi) is 4.22. The molecule has 1 aromatic rings. The summed E-state index contributed by atoms with van der Waals surface area (Å²) in [6.45, 7) is 2.22. The number of aromatic nitrogens is 1. The first-order valence-corrected chi connectivity index (χ1v) is 7.23. The first-order chi connectivity index (χ1) is 8.61. The second kappa shape index (κ2) is 5.69. The molecule has 1 N–H and O–H groups in total. The zero-order valence-electron chi connectivity index (χ0n) is 11.0. The van der Waals surface area contributed by atoms with Crippen LogP contribution in [0.3, 0.4) is 0 Å². The third-order valence-corrected chi connectivity index (χ3v) is 4.45. The van der Waals surface area contributed by atoms with Crippen LogP contribution in [0.4, 0.5) is 5.13 Å². The van der Waals surface area contributed by atoms with Gasteiger partial charge < -0.3 is 10.1 Å². The summed E-state index contributed by atoms with van der Waals surface area (Å²) in [6, 6.07) is 0. The maximum Gasteiger partial charge on any atom is 0.226 e. The molecule has 1 aliphatic carbocycles. The van der Waals surface area contributed by atoms with Crippen LogP contribution < -0.4 is 10.1 Å². The largest absolute Gasteiger partial charge is 0.486 e. The van der Waals surface area contributed by atoms with Crippen LogP contribution in [0, 0.1) is 5.41 Å². The highest BCUT2D eigenvalue weighted by Gasteiger charge is 2.29.